The molecule has 1 heterocycles. The van der Waals surface area contributed by atoms with E-state index >= 15 is 0 Å². The van der Waals surface area contributed by atoms with Crippen LogP contribution in [0.3, 0.4) is 0 Å². The first-order chi connectivity index (χ1) is 7.28. The maximum absolute atomic E-state index is 11.7. The number of hydrogen-bond acceptors (Lipinski definition) is 3. The topological polar surface area (TPSA) is 38.3 Å². The van der Waals surface area contributed by atoms with Gasteiger partial charge in [0.2, 0.25) is 0 Å². The summed E-state index contributed by atoms with van der Waals surface area (Å²) in [6.07, 6.45) is 0.872. The number of fused-ring (bicyclic) bond motifs is 3. The van der Waals surface area contributed by atoms with Crippen LogP contribution in [0.5, 0.6) is 0 Å². The molecule has 0 saturated heterocycles. The van der Waals surface area contributed by atoms with E-state index in [0.29, 0.717) is 5.92 Å². The molecular formula is C12H13NO2. The van der Waals surface area contributed by atoms with E-state index in [0.717, 1.165) is 13.0 Å². The maximum Gasteiger partial charge on any atom is 0.326 e. The molecule has 0 bridgehead atoms. The summed E-state index contributed by atoms with van der Waals surface area (Å²) in [5.74, 6) is 0.192. The number of nitrogens with one attached hydrogen (secondary N) is 1. The molecule has 15 heavy (non-hydrogen) atoms. The molecule has 3 nitrogen and oxygen atoms in total. The molecule has 1 saturated carbocycles. The minimum Gasteiger partial charge on any atom is -0.468 e. The van der Waals surface area contributed by atoms with E-state index in [2.05, 4.69) is 17.4 Å². The van der Waals surface area contributed by atoms with Crippen molar-refractivity contribution >= 4 is 5.97 Å². The number of carbonyl (C=O) groups excluding carboxylic acids is 1. The van der Waals surface area contributed by atoms with Crippen molar-refractivity contribution in [2.24, 2.45) is 0 Å². The lowest BCUT2D eigenvalue weighted by Gasteiger charge is -2.23. The van der Waals surface area contributed by atoms with Crippen molar-refractivity contribution in [3.8, 4) is 0 Å². The Kier molecular flexibility index (Phi) is 1.68. The quantitative estimate of drug-likeness (QED) is 0.697. The van der Waals surface area contributed by atoms with Crippen LogP contribution in [-0.2, 0) is 16.1 Å². The molecule has 1 N–H and O–H groups in total. The highest BCUT2D eigenvalue weighted by molar-refractivity contribution is 5.87. The number of methoxy groups -OCH3 is 1. The van der Waals surface area contributed by atoms with Crippen molar-refractivity contribution in [2.45, 2.75) is 24.4 Å². The van der Waals surface area contributed by atoms with Gasteiger partial charge in [-0.2, -0.15) is 0 Å². The fraction of sp³-hybridized carbons (Fsp3) is 0.417. The van der Waals surface area contributed by atoms with Crippen LogP contribution >= 0.6 is 0 Å². The third kappa shape index (κ3) is 1.07. The zero-order chi connectivity index (χ0) is 10.5. The van der Waals surface area contributed by atoms with Gasteiger partial charge in [0.1, 0.15) is 5.54 Å². The Hall–Kier alpha value is -1.35. The molecule has 0 unspecified atom stereocenters. The number of rotatable bonds is 1. The molecule has 0 radical (unpaired) electrons. The Morgan fingerprint density at radius 3 is 3.13 bits per heavy atom. The van der Waals surface area contributed by atoms with E-state index in [4.69, 9.17) is 4.74 Å². The third-order valence-corrected chi connectivity index (χ3v) is 3.54. The Morgan fingerprint density at radius 2 is 2.33 bits per heavy atom. The second-order valence-corrected chi connectivity index (χ2v) is 4.27. The van der Waals surface area contributed by atoms with Crippen molar-refractivity contribution < 1.29 is 9.53 Å². The molecule has 2 atom stereocenters. The standard InChI is InChI=1S/C12H13NO2/c1-15-11(14)12-6-10(12)9-5-3-2-4-8(9)7-13-12/h2-5,10,13H,6-7H2,1H3/t10-,12+/m0/s1. The lowest BCUT2D eigenvalue weighted by molar-refractivity contribution is -0.144. The number of ether oxygens (including phenoxy) is 1. The zero-order valence-corrected chi connectivity index (χ0v) is 8.62. The molecule has 3 heteroatoms. The monoisotopic (exact) mass is 203 g/mol. The molecule has 3 rings (SSSR count). The maximum atomic E-state index is 11.7. The van der Waals surface area contributed by atoms with Crippen molar-refractivity contribution in [3.05, 3.63) is 35.4 Å². The summed E-state index contributed by atoms with van der Waals surface area (Å²) in [5.41, 5.74) is 2.20. The SMILES string of the molecule is COC(=O)[C@@]12C[C@H]1c1ccccc1CN2. The minimum absolute atomic E-state index is 0.123. The first-order valence-electron chi connectivity index (χ1n) is 5.19. The largest absolute Gasteiger partial charge is 0.468 e. The average Bonchev–Trinajstić information content (AvgIpc) is 3.04. The summed E-state index contributed by atoms with van der Waals surface area (Å²) in [5, 5.41) is 3.30. The molecule has 1 aromatic carbocycles. The van der Waals surface area contributed by atoms with Crippen molar-refractivity contribution in [2.75, 3.05) is 7.11 Å². The van der Waals surface area contributed by atoms with Crippen molar-refractivity contribution in [1.82, 2.24) is 5.32 Å². The third-order valence-electron chi connectivity index (χ3n) is 3.54. The molecule has 1 fully saturated rings. The van der Waals surface area contributed by atoms with Gasteiger partial charge in [-0.15, -0.1) is 0 Å². The highest BCUT2D eigenvalue weighted by atomic mass is 16.5. The van der Waals surface area contributed by atoms with E-state index < -0.39 is 5.54 Å². The van der Waals surface area contributed by atoms with Crippen LogP contribution in [0.25, 0.3) is 0 Å². The normalized spacial score (nSPS) is 31.4. The summed E-state index contributed by atoms with van der Waals surface area (Å²) in [4.78, 5) is 11.7. The molecule has 0 amide bonds. The van der Waals surface area contributed by atoms with Gasteiger partial charge in [0.25, 0.3) is 0 Å². The lowest BCUT2D eigenvalue weighted by atomic mass is 9.96. The Bertz CT molecular complexity index is 429. The minimum atomic E-state index is -0.414. The van der Waals surface area contributed by atoms with Crippen LogP contribution in [0.15, 0.2) is 24.3 Å². The first kappa shape index (κ1) is 8.92. The summed E-state index contributed by atoms with van der Waals surface area (Å²) >= 11 is 0. The van der Waals surface area contributed by atoms with E-state index in [1.165, 1.54) is 18.2 Å². The molecule has 0 spiro atoms. The summed E-state index contributed by atoms with van der Waals surface area (Å²) < 4.78 is 4.85. The number of benzene rings is 1. The summed E-state index contributed by atoms with van der Waals surface area (Å²) in [7, 11) is 1.45. The first-order valence-corrected chi connectivity index (χ1v) is 5.19. The average molecular weight is 203 g/mol. The van der Waals surface area contributed by atoms with Gasteiger partial charge in [0.05, 0.1) is 7.11 Å². The fourth-order valence-corrected chi connectivity index (χ4v) is 2.60. The van der Waals surface area contributed by atoms with Crippen molar-refractivity contribution in [1.29, 1.82) is 0 Å². The van der Waals surface area contributed by atoms with E-state index in [9.17, 15) is 4.79 Å². The number of carbonyl (C=O) groups is 1. The number of esters is 1. The Balaban J connectivity index is 1.98. The van der Waals surface area contributed by atoms with Gasteiger partial charge in [-0.3, -0.25) is 10.1 Å². The Morgan fingerprint density at radius 1 is 1.53 bits per heavy atom. The smallest absolute Gasteiger partial charge is 0.326 e. The van der Waals surface area contributed by atoms with Crippen LogP contribution in [0.4, 0.5) is 0 Å². The molecule has 1 aliphatic heterocycles. The molecule has 0 aromatic heterocycles. The van der Waals surface area contributed by atoms with Crippen LogP contribution < -0.4 is 5.32 Å². The summed E-state index contributed by atoms with van der Waals surface area (Å²) in [6.45, 7) is 0.766. The molecule has 1 aromatic rings. The van der Waals surface area contributed by atoms with Gasteiger partial charge in [0, 0.05) is 12.5 Å². The van der Waals surface area contributed by atoms with Gasteiger partial charge in [0.15, 0.2) is 0 Å². The lowest BCUT2D eigenvalue weighted by Crippen LogP contribution is -2.43. The summed E-state index contributed by atoms with van der Waals surface area (Å²) in [6, 6.07) is 8.30. The zero-order valence-electron chi connectivity index (χ0n) is 8.62. The van der Waals surface area contributed by atoms with E-state index in [-0.39, 0.29) is 5.97 Å². The number of hydrogen-bond donors (Lipinski definition) is 1. The van der Waals surface area contributed by atoms with Crippen LogP contribution in [-0.4, -0.2) is 18.6 Å². The van der Waals surface area contributed by atoms with Crippen LogP contribution in [0.1, 0.15) is 23.5 Å². The van der Waals surface area contributed by atoms with Gasteiger partial charge < -0.3 is 4.74 Å². The second-order valence-electron chi connectivity index (χ2n) is 4.27. The highest BCUT2D eigenvalue weighted by Crippen LogP contribution is 2.55. The van der Waals surface area contributed by atoms with Gasteiger partial charge in [-0.1, -0.05) is 24.3 Å². The predicted octanol–water partition coefficient (Wildman–Crippen LogP) is 1.19. The van der Waals surface area contributed by atoms with Gasteiger partial charge in [-0.05, 0) is 17.5 Å². The molecule has 2 aliphatic rings. The molecular weight excluding hydrogens is 190 g/mol. The highest BCUT2D eigenvalue weighted by Gasteiger charge is 2.63. The van der Waals surface area contributed by atoms with E-state index in [1.54, 1.807) is 0 Å². The molecule has 1 aliphatic carbocycles. The van der Waals surface area contributed by atoms with Crippen molar-refractivity contribution in [3.63, 3.8) is 0 Å². The van der Waals surface area contributed by atoms with Crippen LogP contribution in [0.2, 0.25) is 0 Å². The second kappa shape index (κ2) is 2.83. The van der Waals surface area contributed by atoms with Gasteiger partial charge in [-0.25, -0.2) is 0 Å². The van der Waals surface area contributed by atoms with Crippen LogP contribution in [0, 0.1) is 0 Å². The Labute approximate surface area is 88.4 Å². The van der Waals surface area contributed by atoms with E-state index in [1.807, 2.05) is 12.1 Å². The van der Waals surface area contributed by atoms with Gasteiger partial charge >= 0.3 is 5.97 Å². The fourth-order valence-electron chi connectivity index (χ4n) is 2.60. The predicted molar refractivity (Wildman–Crippen MR) is 55.4 cm³/mol. The molecule has 78 valence electrons.